The van der Waals surface area contributed by atoms with E-state index in [1.165, 1.54) is 12.8 Å². The Bertz CT molecular complexity index is 670. The van der Waals surface area contributed by atoms with E-state index in [-0.39, 0.29) is 12.5 Å². The molecule has 23 heavy (non-hydrogen) atoms. The van der Waals surface area contributed by atoms with E-state index in [4.69, 9.17) is 4.52 Å². The van der Waals surface area contributed by atoms with Crippen molar-refractivity contribution in [1.82, 2.24) is 25.0 Å². The lowest BCUT2D eigenvalue weighted by Gasteiger charge is -2.06. The zero-order chi connectivity index (χ0) is 16.2. The van der Waals surface area contributed by atoms with Crippen LogP contribution in [0.1, 0.15) is 54.7 Å². The second-order valence-electron chi connectivity index (χ2n) is 6.17. The molecule has 2 aromatic rings. The van der Waals surface area contributed by atoms with Crippen molar-refractivity contribution in [2.75, 3.05) is 6.54 Å². The maximum absolute atomic E-state index is 12.0. The summed E-state index contributed by atoms with van der Waals surface area (Å²) >= 11 is 0. The highest BCUT2D eigenvalue weighted by molar-refractivity contribution is 5.75. The fraction of sp³-hybridized carbons (Fsp3) is 0.625. The third kappa shape index (κ3) is 3.78. The molecule has 7 nitrogen and oxygen atoms in total. The first kappa shape index (κ1) is 15.7. The summed E-state index contributed by atoms with van der Waals surface area (Å²) < 4.78 is 7.18. The van der Waals surface area contributed by atoms with Crippen LogP contribution < -0.4 is 5.32 Å². The number of rotatable bonds is 6. The summed E-state index contributed by atoms with van der Waals surface area (Å²) in [6.07, 6.45) is 7.04. The molecule has 1 amide bonds. The van der Waals surface area contributed by atoms with Gasteiger partial charge in [0.25, 0.3) is 0 Å². The molecule has 1 aliphatic rings. The first-order valence-corrected chi connectivity index (χ1v) is 8.21. The highest BCUT2D eigenvalue weighted by Gasteiger charge is 2.22. The molecule has 0 atom stereocenters. The summed E-state index contributed by atoms with van der Waals surface area (Å²) in [5, 5.41) is 6.89. The molecular weight excluding hydrogens is 294 g/mol. The van der Waals surface area contributed by atoms with Crippen LogP contribution in [0.25, 0.3) is 0 Å². The summed E-state index contributed by atoms with van der Waals surface area (Å²) in [4.78, 5) is 20.6. The molecule has 3 rings (SSSR count). The van der Waals surface area contributed by atoms with Gasteiger partial charge in [-0.05, 0) is 26.7 Å². The van der Waals surface area contributed by atoms with Gasteiger partial charge in [0, 0.05) is 24.6 Å². The average molecular weight is 317 g/mol. The van der Waals surface area contributed by atoms with Crippen LogP contribution in [0.15, 0.2) is 10.9 Å². The molecular formula is C16H23N5O2. The number of amides is 1. The van der Waals surface area contributed by atoms with E-state index < -0.39 is 0 Å². The molecule has 0 bridgehead atoms. The van der Waals surface area contributed by atoms with Gasteiger partial charge in [0.05, 0.1) is 12.0 Å². The fourth-order valence-electron chi connectivity index (χ4n) is 2.94. The van der Waals surface area contributed by atoms with E-state index in [1.54, 1.807) is 6.33 Å². The largest absolute Gasteiger partial charge is 0.354 e. The molecule has 124 valence electrons. The molecule has 2 heterocycles. The van der Waals surface area contributed by atoms with Gasteiger partial charge in [-0.25, -0.2) is 4.98 Å². The Balaban J connectivity index is 1.44. The molecule has 0 aliphatic heterocycles. The van der Waals surface area contributed by atoms with E-state index >= 15 is 0 Å². The van der Waals surface area contributed by atoms with Crippen molar-refractivity contribution in [2.45, 2.75) is 58.4 Å². The summed E-state index contributed by atoms with van der Waals surface area (Å²) in [5.74, 6) is 1.82. The molecule has 1 fully saturated rings. The number of aryl methyl sites for hydroxylation is 1. The smallest absolute Gasteiger partial charge is 0.239 e. The zero-order valence-corrected chi connectivity index (χ0v) is 13.7. The quantitative estimate of drug-likeness (QED) is 0.879. The molecule has 1 saturated carbocycles. The number of carbonyl (C=O) groups is 1. The van der Waals surface area contributed by atoms with Gasteiger partial charge in [-0.2, -0.15) is 4.98 Å². The number of aromatic nitrogens is 4. The van der Waals surface area contributed by atoms with Crippen molar-refractivity contribution in [2.24, 2.45) is 0 Å². The molecule has 0 radical (unpaired) electrons. The standard InChI is InChI=1S/C16H23N5O2/c1-11-12(2)21(10-18-11)9-15(22)17-8-7-14-19-16(23-20-14)13-5-3-4-6-13/h10,13H,3-9H2,1-2H3,(H,17,22). The first-order chi connectivity index (χ1) is 11.1. The highest BCUT2D eigenvalue weighted by Crippen LogP contribution is 2.32. The Morgan fingerprint density at radius 1 is 1.39 bits per heavy atom. The third-order valence-electron chi connectivity index (χ3n) is 4.52. The van der Waals surface area contributed by atoms with Gasteiger partial charge in [-0.1, -0.05) is 18.0 Å². The molecule has 0 aromatic carbocycles. The van der Waals surface area contributed by atoms with Crippen molar-refractivity contribution in [1.29, 1.82) is 0 Å². The molecule has 2 aromatic heterocycles. The number of imidazole rings is 1. The summed E-state index contributed by atoms with van der Waals surface area (Å²) in [7, 11) is 0. The average Bonchev–Trinajstić information content (AvgIpc) is 3.25. The van der Waals surface area contributed by atoms with Crippen molar-refractivity contribution in [3.05, 3.63) is 29.4 Å². The van der Waals surface area contributed by atoms with Crippen LogP contribution in [0.4, 0.5) is 0 Å². The van der Waals surface area contributed by atoms with Crippen molar-refractivity contribution < 1.29 is 9.32 Å². The number of nitrogens with one attached hydrogen (secondary N) is 1. The van der Waals surface area contributed by atoms with Gasteiger partial charge in [0.15, 0.2) is 5.82 Å². The minimum absolute atomic E-state index is 0.0370. The Morgan fingerprint density at radius 3 is 2.87 bits per heavy atom. The van der Waals surface area contributed by atoms with Gasteiger partial charge >= 0.3 is 0 Å². The van der Waals surface area contributed by atoms with Crippen LogP contribution in [-0.2, 0) is 17.8 Å². The van der Waals surface area contributed by atoms with Gasteiger partial charge in [-0.3, -0.25) is 4.79 Å². The first-order valence-electron chi connectivity index (χ1n) is 8.21. The van der Waals surface area contributed by atoms with Gasteiger partial charge in [-0.15, -0.1) is 0 Å². The summed E-state index contributed by atoms with van der Waals surface area (Å²) in [6.45, 7) is 4.68. The summed E-state index contributed by atoms with van der Waals surface area (Å²) in [5.41, 5.74) is 1.96. The van der Waals surface area contributed by atoms with Crippen LogP contribution in [-0.4, -0.2) is 32.1 Å². The Hall–Kier alpha value is -2.18. The number of hydrogen-bond acceptors (Lipinski definition) is 5. The van der Waals surface area contributed by atoms with Crippen LogP contribution in [0.3, 0.4) is 0 Å². The second-order valence-corrected chi connectivity index (χ2v) is 6.17. The van der Waals surface area contributed by atoms with Gasteiger partial charge < -0.3 is 14.4 Å². The van der Waals surface area contributed by atoms with Crippen LogP contribution in [0.2, 0.25) is 0 Å². The van der Waals surface area contributed by atoms with Gasteiger partial charge in [0.1, 0.15) is 6.54 Å². The predicted octanol–water partition coefficient (Wildman–Crippen LogP) is 1.90. The van der Waals surface area contributed by atoms with E-state index in [9.17, 15) is 4.79 Å². The number of hydrogen-bond donors (Lipinski definition) is 1. The Kier molecular flexibility index (Phi) is 4.73. The molecule has 0 spiro atoms. The van der Waals surface area contributed by atoms with E-state index in [1.807, 2.05) is 18.4 Å². The predicted molar refractivity (Wildman–Crippen MR) is 83.9 cm³/mol. The Labute approximate surface area is 135 Å². The monoisotopic (exact) mass is 317 g/mol. The lowest BCUT2D eigenvalue weighted by Crippen LogP contribution is -2.29. The lowest BCUT2D eigenvalue weighted by molar-refractivity contribution is -0.121. The van der Waals surface area contributed by atoms with E-state index in [0.29, 0.717) is 24.7 Å². The maximum Gasteiger partial charge on any atom is 0.239 e. The van der Waals surface area contributed by atoms with Crippen molar-refractivity contribution in [3.63, 3.8) is 0 Å². The number of nitrogens with zero attached hydrogens (tertiary/aromatic N) is 4. The SMILES string of the molecule is Cc1ncn(CC(=O)NCCc2noc(C3CCCC3)n2)c1C. The molecule has 1 aliphatic carbocycles. The minimum atomic E-state index is -0.0370. The summed E-state index contributed by atoms with van der Waals surface area (Å²) in [6, 6.07) is 0. The topological polar surface area (TPSA) is 85.8 Å². The Morgan fingerprint density at radius 2 is 2.17 bits per heavy atom. The van der Waals surface area contributed by atoms with Crippen molar-refractivity contribution in [3.8, 4) is 0 Å². The fourth-order valence-corrected chi connectivity index (χ4v) is 2.94. The zero-order valence-electron chi connectivity index (χ0n) is 13.7. The minimum Gasteiger partial charge on any atom is -0.354 e. The maximum atomic E-state index is 12.0. The van der Waals surface area contributed by atoms with Crippen molar-refractivity contribution >= 4 is 5.91 Å². The normalized spacial score (nSPS) is 15.2. The molecule has 0 unspecified atom stereocenters. The van der Waals surface area contributed by atoms with Crippen LogP contribution >= 0.6 is 0 Å². The number of carbonyl (C=O) groups excluding carboxylic acids is 1. The highest BCUT2D eigenvalue weighted by atomic mass is 16.5. The van der Waals surface area contributed by atoms with Gasteiger partial charge in [0.2, 0.25) is 11.8 Å². The third-order valence-corrected chi connectivity index (χ3v) is 4.52. The van der Waals surface area contributed by atoms with E-state index in [0.717, 1.165) is 30.1 Å². The second kappa shape index (κ2) is 6.93. The molecule has 1 N–H and O–H groups in total. The molecule has 0 saturated heterocycles. The van der Waals surface area contributed by atoms with Crippen LogP contribution in [0, 0.1) is 13.8 Å². The van der Waals surface area contributed by atoms with Crippen LogP contribution in [0.5, 0.6) is 0 Å². The van der Waals surface area contributed by atoms with E-state index in [2.05, 4.69) is 20.4 Å². The molecule has 7 heteroatoms. The lowest BCUT2D eigenvalue weighted by atomic mass is 10.1.